The summed E-state index contributed by atoms with van der Waals surface area (Å²) >= 11 is 1.32. The second kappa shape index (κ2) is 11.4. The van der Waals surface area contributed by atoms with Crippen molar-refractivity contribution in [3.8, 4) is 11.5 Å². The van der Waals surface area contributed by atoms with Crippen LogP contribution in [0.25, 0.3) is 0 Å². The van der Waals surface area contributed by atoms with Gasteiger partial charge in [0.05, 0.1) is 20.0 Å². The van der Waals surface area contributed by atoms with Crippen molar-refractivity contribution in [2.24, 2.45) is 0 Å². The minimum absolute atomic E-state index is 0.165. The largest absolute Gasteiger partial charge is 0.493 e. The summed E-state index contributed by atoms with van der Waals surface area (Å²) in [5.74, 6) is 1.16. The predicted octanol–water partition coefficient (Wildman–Crippen LogP) is 2.82. The van der Waals surface area contributed by atoms with Crippen molar-refractivity contribution in [2.75, 3.05) is 44.9 Å². The average Bonchev–Trinajstić information content (AvgIpc) is 3.29. The fraction of sp³-hybridized carbons (Fsp3) is 0.522. The summed E-state index contributed by atoms with van der Waals surface area (Å²) in [6.07, 6.45) is 2.79. The maximum absolute atomic E-state index is 12.7. The molecule has 2 aromatic rings. The average molecular weight is 461 g/mol. The van der Waals surface area contributed by atoms with Crippen LogP contribution in [0.4, 0.5) is 5.69 Å². The molecule has 9 heteroatoms. The van der Waals surface area contributed by atoms with Crippen LogP contribution in [0.1, 0.15) is 31.5 Å². The Hall–Kier alpha value is -2.52. The normalized spacial score (nSPS) is 12.7. The number of benzene rings is 1. The number of carbonyl (C=O) groups excluding carboxylic acids is 1. The number of fused-ring (bicyclic) bond motifs is 1. The Kier molecular flexibility index (Phi) is 8.58. The molecule has 0 atom stereocenters. The number of carbonyl (C=O) groups is 1. The number of methoxy groups -OCH3 is 2. The predicted molar refractivity (Wildman–Crippen MR) is 127 cm³/mol. The lowest BCUT2D eigenvalue weighted by Gasteiger charge is -2.20. The quantitative estimate of drug-likeness (QED) is 0.408. The molecule has 32 heavy (non-hydrogen) atoms. The molecule has 0 saturated carbocycles. The number of likely N-dealkylation sites (N-methyl/N-ethyl adjacent to an activating group) is 1. The Morgan fingerprint density at radius 2 is 1.94 bits per heavy atom. The van der Waals surface area contributed by atoms with E-state index < -0.39 is 0 Å². The third-order valence-corrected chi connectivity index (χ3v) is 6.76. The Labute approximate surface area is 193 Å². The second-order valence-electron chi connectivity index (χ2n) is 7.56. The second-order valence-corrected chi connectivity index (χ2v) is 8.53. The van der Waals surface area contributed by atoms with Gasteiger partial charge < -0.3 is 19.7 Å². The van der Waals surface area contributed by atoms with Gasteiger partial charge in [0.2, 0.25) is 5.91 Å². The minimum Gasteiger partial charge on any atom is -0.493 e. The van der Waals surface area contributed by atoms with E-state index in [-0.39, 0.29) is 17.3 Å². The Morgan fingerprint density at radius 1 is 1.19 bits per heavy atom. The first-order valence-electron chi connectivity index (χ1n) is 11.0. The van der Waals surface area contributed by atoms with Crippen LogP contribution >= 0.6 is 11.8 Å². The third kappa shape index (κ3) is 5.63. The van der Waals surface area contributed by atoms with Gasteiger partial charge in [0, 0.05) is 36.1 Å². The molecular weight excluding hydrogens is 428 g/mol. The maximum Gasteiger partial charge on any atom is 0.348 e. The highest BCUT2D eigenvalue weighted by atomic mass is 32.2. The molecular formula is C23H32N4O4S. The van der Waals surface area contributed by atoms with Crippen molar-refractivity contribution in [3.63, 3.8) is 0 Å². The molecule has 0 saturated heterocycles. The zero-order valence-corrected chi connectivity index (χ0v) is 20.1. The topological polar surface area (TPSA) is 85.7 Å². The lowest BCUT2D eigenvalue weighted by Crippen LogP contribution is -2.34. The van der Waals surface area contributed by atoms with Gasteiger partial charge in [0.1, 0.15) is 5.03 Å². The number of anilines is 1. The van der Waals surface area contributed by atoms with Crippen LogP contribution < -0.4 is 20.5 Å². The molecule has 0 unspecified atom stereocenters. The monoisotopic (exact) mass is 460 g/mol. The van der Waals surface area contributed by atoms with Crippen LogP contribution in [-0.2, 0) is 24.2 Å². The summed E-state index contributed by atoms with van der Waals surface area (Å²) in [7, 11) is 3.12. The first kappa shape index (κ1) is 24.1. The molecule has 174 valence electrons. The molecule has 1 amide bonds. The van der Waals surface area contributed by atoms with Gasteiger partial charge in [0.15, 0.2) is 11.5 Å². The van der Waals surface area contributed by atoms with Gasteiger partial charge in [-0.05, 0) is 44.5 Å². The standard InChI is InChI=1S/C23H32N4O4S/c1-5-26(6-2)12-13-27-18-9-7-8-17(18)22(25-23(27)29)32-15-21(28)24-16-10-11-19(30-3)20(14-16)31-4/h10-11,14H,5-9,12-13,15H2,1-4H3,(H,24,28). The summed E-state index contributed by atoms with van der Waals surface area (Å²) in [4.78, 5) is 31.9. The number of nitrogens with one attached hydrogen (secondary N) is 1. The van der Waals surface area contributed by atoms with E-state index in [9.17, 15) is 9.59 Å². The van der Waals surface area contributed by atoms with E-state index in [4.69, 9.17) is 9.47 Å². The van der Waals surface area contributed by atoms with E-state index in [0.717, 1.165) is 50.2 Å². The maximum atomic E-state index is 12.7. The molecule has 0 aliphatic heterocycles. The van der Waals surface area contributed by atoms with Crippen LogP contribution in [-0.4, -0.2) is 60.0 Å². The van der Waals surface area contributed by atoms with Crippen molar-refractivity contribution < 1.29 is 14.3 Å². The molecule has 0 fully saturated rings. The zero-order chi connectivity index (χ0) is 23.1. The molecule has 1 aliphatic rings. The number of amides is 1. The number of hydrogen-bond acceptors (Lipinski definition) is 7. The van der Waals surface area contributed by atoms with E-state index in [0.29, 0.717) is 28.8 Å². The fourth-order valence-corrected chi connectivity index (χ4v) is 4.84. The van der Waals surface area contributed by atoms with Crippen LogP contribution in [0.2, 0.25) is 0 Å². The van der Waals surface area contributed by atoms with Crippen molar-refractivity contribution in [1.82, 2.24) is 14.5 Å². The van der Waals surface area contributed by atoms with Crippen molar-refractivity contribution >= 4 is 23.4 Å². The van der Waals surface area contributed by atoms with Gasteiger partial charge in [-0.25, -0.2) is 4.79 Å². The molecule has 1 heterocycles. The summed E-state index contributed by atoms with van der Waals surface area (Å²) in [6.45, 7) is 7.67. The lowest BCUT2D eigenvalue weighted by atomic mass is 10.2. The number of rotatable bonds is 11. The highest BCUT2D eigenvalue weighted by Crippen LogP contribution is 2.31. The minimum atomic E-state index is -0.222. The molecule has 1 N–H and O–H groups in total. The van der Waals surface area contributed by atoms with E-state index >= 15 is 0 Å². The Bertz CT molecular complexity index is 1000. The Morgan fingerprint density at radius 3 is 2.62 bits per heavy atom. The van der Waals surface area contributed by atoms with Gasteiger partial charge in [-0.1, -0.05) is 25.6 Å². The molecule has 0 radical (unpaired) electrons. The molecule has 1 aromatic heterocycles. The van der Waals surface area contributed by atoms with E-state index in [1.807, 2.05) is 4.57 Å². The number of hydrogen-bond donors (Lipinski definition) is 1. The molecule has 1 aromatic carbocycles. The molecule has 3 rings (SSSR count). The van der Waals surface area contributed by atoms with Gasteiger partial charge in [-0.15, -0.1) is 0 Å². The summed E-state index contributed by atoms with van der Waals surface area (Å²) in [5, 5.41) is 3.55. The lowest BCUT2D eigenvalue weighted by molar-refractivity contribution is -0.113. The third-order valence-electron chi connectivity index (χ3n) is 5.74. The number of aromatic nitrogens is 2. The van der Waals surface area contributed by atoms with Crippen molar-refractivity contribution in [3.05, 3.63) is 39.9 Å². The number of ether oxygens (including phenoxy) is 2. The smallest absolute Gasteiger partial charge is 0.348 e. The SMILES string of the molecule is CCN(CC)CCn1c2c(c(SCC(=O)Nc3ccc(OC)c(OC)c3)nc1=O)CCC2. The molecule has 8 nitrogen and oxygen atoms in total. The van der Waals surface area contributed by atoms with Crippen molar-refractivity contribution in [1.29, 1.82) is 0 Å². The van der Waals surface area contributed by atoms with Gasteiger partial charge in [0.25, 0.3) is 0 Å². The van der Waals surface area contributed by atoms with E-state index in [1.54, 1.807) is 32.4 Å². The molecule has 0 spiro atoms. The van der Waals surface area contributed by atoms with Crippen LogP contribution in [0.15, 0.2) is 28.0 Å². The van der Waals surface area contributed by atoms with Gasteiger partial charge in [-0.2, -0.15) is 4.98 Å². The molecule has 0 bridgehead atoms. The van der Waals surface area contributed by atoms with Crippen LogP contribution in [0.3, 0.4) is 0 Å². The number of nitrogens with zero attached hydrogens (tertiary/aromatic N) is 3. The van der Waals surface area contributed by atoms with Gasteiger partial charge in [-0.3, -0.25) is 9.36 Å². The van der Waals surface area contributed by atoms with Gasteiger partial charge >= 0.3 is 5.69 Å². The molecule has 1 aliphatic carbocycles. The first-order valence-corrected chi connectivity index (χ1v) is 12.0. The Balaban J connectivity index is 1.68. The van der Waals surface area contributed by atoms with E-state index in [2.05, 4.69) is 29.0 Å². The number of thioether (sulfide) groups is 1. The summed E-state index contributed by atoms with van der Waals surface area (Å²) < 4.78 is 12.3. The fourth-order valence-electron chi connectivity index (χ4n) is 3.96. The van der Waals surface area contributed by atoms with Crippen LogP contribution in [0.5, 0.6) is 11.5 Å². The van der Waals surface area contributed by atoms with Crippen LogP contribution in [0, 0.1) is 0 Å². The highest BCUT2D eigenvalue weighted by Gasteiger charge is 2.22. The summed E-state index contributed by atoms with van der Waals surface area (Å²) in [5.41, 5.74) is 2.60. The van der Waals surface area contributed by atoms with Crippen molar-refractivity contribution in [2.45, 2.75) is 44.7 Å². The summed E-state index contributed by atoms with van der Waals surface area (Å²) in [6, 6.07) is 5.22. The zero-order valence-electron chi connectivity index (χ0n) is 19.3. The first-order chi connectivity index (χ1) is 15.5. The highest BCUT2D eigenvalue weighted by molar-refractivity contribution is 8.00. The van der Waals surface area contributed by atoms with E-state index in [1.165, 1.54) is 11.8 Å².